The third kappa shape index (κ3) is 3.97. The highest BCUT2D eigenvalue weighted by molar-refractivity contribution is 7.88. The van der Waals surface area contributed by atoms with E-state index in [0.29, 0.717) is 13.1 Å². The molecule has 20 heavy (non-hydrogen) atoms. The normalized spacial score (nSPS) is 19.9. The standard InChI is InChI=1S/C13H20FN3O2S/c1-10(13-4-3-11(14)9-15-13)16-12-5-7-17(8-6-12)20(2,18)19/h3-4,9-10,12,16H,5-8H2,1-2H3. The molecule has 1 aromatic heterocycles. The third-order valence-corrected chi connectivity index (χ3v) is 4.91. The zero-order valence-corrected chi connectivity index (χ0v) is 12.5. The Hall–Kier alpha value is -1.05. The molecule has 1 aliphatic rings. The minimum absolute atomic E-state index is 0.0189. The van der Waals surface area contributed by atoms with E-state index in [0.717, 1.165) is 18.5 Å². The van der Waals surface area contributed by atoms with Crippen molar-refractivity contribution in [2.75, 3.05) is 19.3 Å². The van der Waals surface area contributed by atoms with Gasteiger partial charge in [0.05, 0.1) is 18.1 Å². The van der Waals surface area contributed by atoms with Gasteiger partial charge in [0.15, 0.2) is 0 Å². The number of rotatable bonds is 4. The number of halogens is 1. The molecule has 0 spiro atoms. The lowest BCUT2D eigenvalue weighted by Gasteiger charge is -2.32. The fraction of sp³-hybridized carbons (Fsp3) is 0.615. The lowest BCUT2D eigenvalue weighted by molar-refractivity contribution is 0.277. The van der Waals surface area contributed by atoms with Gasteiger partial charge in [-0.3, -0.25) is 4.98 Å². The highest BCUT2D eigenvalue weighted by atomic mass is 32.2. The van der Waals surface area contributed by atoms with E-state index >= 15 is 0 Å². The average molecular weight is 301 g/mol. The van der Waals surface area contributed by atoms with Gasteiger partial charge in [-0.2, -0.15) is 0 Å². The second-order valence-electron chi connectivity index (χ2n) is 5.23. The molecule has 2 heterocycles. The number of nitrogens with zero attached hydrogens (tertiary/aromatic N) is 2. The molecule has 1 saturated heterocycles. The van der Waals surface area contributed by atoms with E-state index in [2.05, 4.69) is 10.3 Å². The van der Waals surface area contributed by atoms with E-state index in [4.69, 9.17) is 0 Å². The zero-order chi connectivity index (χ0) is 14.8. The summed E-state index contributed by atoms with van der Waals surface area (Å²) in [7, 11) is -3.08. The number of nitrogens with one attached hydrogen (secondary N) is 1. The van der Waals surface area contributed by atoms with Crippen LogP contribution in [-0.4, -0.2) is 43.1 Å². The van der Waals surface area contributed by atoms with Crippen LogP contribution in [0.5, 0.6) is 0 Å². The van der Waals surface area contributed by atoms with E-state index in [1.165, 1.54) is 22.8 Å². The Balaban J connectivity index is 1.88. The summed E-state index contributed by atoms with van der Waals surface area (Å²) in [5.41, 5.74) is 0.789. The predicted molar refractivity (Wildman–Crippen MR) is 75.2 cm³/mol. The quantitative estimate of drug-likeness (QED) is 0.910. The molecule has 1 unspecified atom stereocenters. The summed E-state index contributed by atoms with van der Waals surface area (Å²) in [6.45, 7) is 3.06. The summed E-state index contributed by atoms with van der Waals surface area (Å²) < 4.78 is 37.2. The van der Waals surface area contributed by atoms with Crippen LogP contribution >= 0.6 is 0 Å². The molecule has 1 aromatic rings. The van der Waals surface area contributed by atoms with Crippen LogP contribution in [0.15, 0.2) is 18.3 Å². The summed E-state index contributed by atoms with van der Waals surface area (Å²) >= 11 is 0. The van der Waals surface area contributed by atoms with Crippen LogP contribution in [-0.2, 0) is 10.0 Å². The van der Waals surface area contributed by atoms with Gasteiger partial charge in [0.1, 0.15) is 5.82 Å². The SMILES string of the molecule is CC(NC1CCN(S(C)(=O)=O)CC1)c1ccc(F)cn1. The molecular formula is C13H20FN3O2S. The maximum absolute atomic E-state index is 12.8. The Morgan fingerprint density at radius 3 is 2.55 bits per heavy atom. The largest absolute Gasteiger partial charge is 0.306 e. The molecule has 0 aromatic carbocycles. The summed E-state index contributed by atoms with van der Waals surface area (Å²) in [5.74, 6) is -0.345. The van der Waals surface area contributed by atoms with Gasteiger partial charge in [-0.1, -0.05) is 0 Å². The molecule has 0 saturated carbocycles. The van der Waals surface area contributed by atoms with Crippen molar-refractivity contribution in [3.63, 3.8) is 0 Å². The lowest BCUT2D eigenvalue weighted by Crippen LogP contribution is -2.45. The van der Waals surface area contributed by atoms with Gasteiger partial charge in [-0.15, -0.1) is 0 Å². The number of sulfonamides is 1. The highest BCUT2D eigenvalue weighted by Gasteiger charge is 2.25. The molecular weight excluding hydrogens is 281 g/mol. The van der Waals surface area contributed by atoms with Crippen molar-refractivity contribution in [1.29, 1.82) is 0 Å². The molecule has 0 radical (unpaired) electrons. The molecule has 1 fully saturated rings. The van der Waals surface area contributed by atoms with Gasteiger partial charge < -0.3 is 5.32 Å². The lowest BCUT2D eigenvalue weighted by atomic mass is 10.0. The van der Waals surface area contributed by atoms with E-state index in [1.54, 1.807) is 6.07 Å². The fourth-order valence-electron chi connectivity index (χ4n) is 2.44. The highest BCUT2D eigenvalue weighted by Crippen LogP contribution is 2.17. The molecule has 112 valence electrons. The Bertz CT molecular complexity index is 539. The monoisotopic (exact) mass is 301 g/mol. The van der Waals surface area contributed by atoms with Crippen LogP contribution in [0.3, 0.4) is 0 Å². The Morgan fingerprint density at radius 2 is 2.05 bits per heavy atom. The number of hydrogen-bond donors (Lipinski definition) is 1. The number of piperidine rings is 1. The smallest absolute Gasteiger partial charge is 0.211 e. The first-order chi connectivity index (χ1) is 9.36. The second-order valence-corrected chi connectivity index (χ2v) is 7.21. The van der Waals surface area contributed by atoms with Crippen molar-refractivity contribution in [2.45, 2.75) is 31.8 Å². The van der Waals surface area contributed by atoms with Crippen LogP contribution in [0.4, 0.5) is 4.39 Å². The van der Waals surface area contributed by atoms with Gasteiger partial charge in [0.25, 0.3) is 0 Å². The van der Waals surface area contributed by atoms with Crippen molar-refractivity contribution >= 4 is 10.0 Å². The molecule has 2 rings (SSSR count). The molecule has 0 bridgehead atoms. The van der Waals surface area contributed by atoms with Gasteiger partial charge in [-0.05, 0) is 31.9 Å². The van der Waals surface area contributed by atoms with Crippen LogP contribution in [0.25, 0.3) is 0 Å². The van der Waals surface area contributed by atoms with Gasteiger partial charge >= 0.3 is 0 Å². The van der Waals surface area contributed by atoms with Crippen molar-refractivity contribution in [2.24, 2.45) is 0 Å². The van der Waals surface area contributed by atoms with E-state index < -0.39 is 10.0 Å². The molecule has 0 amide bonds. The van der Waals surface area contributed by atoms with Crippen LogP contribution in [0, 0.1) is 5.82 Å². The van der Waals surface area contributed by atoms with Crippen molar-refractivity contribution in [3.05, 3.63) is 29.8 Å². The minimum Gasteiger partial charge on any atom is -0.306 e. The van der Waals surface area contributed by atoms with Gasteiger partial charge in [0.2, 0.25) is 10.0 Å². The predicted octanol–water partition coefficient (Wildman–Crippen LogP) is 1.30. The first-order valence-electron chi connectivity index (χ1n) is 6.69. The average Bonchev–Trinajstić information content (AvgIpc) is 2.39. The molecule has 1 N–H and O–H groups in total. The number of aromatic nitrogens is 1. The van der Waals surface area contributed by atoms with Gasteiger partial charge in [0, 0.05) is 25.2 Å². The van der Waals surface area contributed by atoms with Crippen LogP contribution < -0.4 is 5.32 Å². The second kappa shape index (κ2) is 6.15. The first-order valence-corrected chi connectivity index (χ1v) is 8.53. The minimum atomic E-state index is -3.08. The van der Waals surface area contributed by atoms with E-state index in [9.17, 15) is 12.8 Å². The summed E-state index contributed by atoms with van der Waals surface area (Å²) in [6.07, 6.45) is 4.00. The van der Waals surface area contributed by atoms with Crippen LogP contribution in [0.1, 0.15) is 31.5 Å². The molecule has 1 atom stereocenters. The Kier molecular flexibility index (Phi) is 4.72. The maximum Gasteiger partial charge on any atom is 0.211 e. The topological polar surface area (TPSA) is 62.3 Å². The first kappa shape index (κ1) is 15.3. The van der Waals surface area contributed by atoms with E-state index in [1.807, 2.05) is 6.92 Å². The van der Waals surface area contributed by atoms with Crippen molar-refractivity contribution in [1.82, 2.24) is 14.6 Å². The maximum atomic E-state index is 12.8. The van der Waals surface area contributed by atoms with Gasteiger partial charge in [-0.25, -0.2) is 17.1 Å². The zero-order valence-electron chi connectivity index (χ0n) is 11.7. The fourth-order valence-corrected chi connectivity index (χ4v) is 3.31. The summed E-state index contributed by atoms with van der Waals surface area (Å²) in [4.78, 5) is 4.05. The van der Waals surface area contributed by atoms with Crippen molar-refractivity contribution < 1.29 is 12.8 Å². The van der Waals surface area contributed by atoms with E-state index in [-0.39, 0.29) is 17.9 Å². The Morgan fingerprint density at radius 1 is 1.40 bits per heavy atom. The molecule has 7 heteroatoms. The van der Waals surface area contributed by atoms with Crippen molar-refractivity contribution in [3.8, 4) is 0 Å². The summed E-state index contributed by atoms with van der Waals surface area (Å²) in [5, 5.41) is 3.42. The number of hydrogen-bond acceptors (Lipinski definition) is 4. The molecule has 1 aliphatic heterocycles. The number of pyridine rings is 1. The molecule has 5 nitrogen and oxygen atoms in total. The van der Waals surface area contributed by atoms with Crippen LogP contribution in [0.2, 0.25) is 0 Å². The summed E-state index contributed by atoms with van der Waals surface area (Å²) in [6, 6.07) is 3.34. The molecule has 0 aliphatic carbocycles. The third-order valence-electron chi connectivity index (χ3n) is 3.60. The Labute approximate surface area is 119 Å².